The van der Waals surface area contributed by atoms with Gasteiger partial charge in [0.25, 0.3) is 11.8 Å². The number of carbonyl (C=O) groups is 1. The molecule has 1 aliphatic rings. The summed E-state index contributed by atoms with van der Waals surface area (Å²) in [6.07, 6.45) is 2.67. The maximum Gasteiger partial charge on any atom is 0.254 e. The Kier molecular flexibility index (Phi) is 7.79. The van der Waals surface area contributed by atoms with Gasteiger partial charge in [-0.2, -0.15) is 0 Å². The lowest BCUT2D eigenvalue weighted by Crippen LogP contribution is -2.31. The molecule has 1 unspecified atom stereocenters. The van der Waals surface area contributed by atoms with Crippen LogP contribution in [0.25, 0.3) is 11.3 Å². The summed E-state index contributed by atoms with van der Waals surface area (Å²) in [5.74, 6) is -5.66. The lowest BCUT2D eigenvalue weighted by atomic mass is 9.84. The van der Waals surface area contributed by atoms with Crippen molar-refractivity contribution < 1.29 is 27.5 Å². The summed E-state index contributed by atoms with van der Waals surface area (Å²) < 4.78 is 57.0. The summed E-state index contributed by atoms with van der Waals surface area (Å²) in [7, 11) is 0. The Morgan fingerprint density at radius 1 is 1.25 bits per heavy atom. The molecule has 1 fully saturated rings. The number of carbonyl (C=O) groups excluding carboxylic acids is 1. The maximum atomic E-state index is 15.0. The number of anilines is 1. The van der Waals surface area contributed by atoms with Crippen molar-refractivity contribution in [2.45, 2.75) is 37.1 Å². The average Bonchev–Trinajstić information content (AvgIpc) is 2.81. The van der Waals surface area contributed by atoms with Gasteiger partial charge in [0.1, 0.15) is 23.1 Å². The second kappa shape index (κ2) is 10.7. The molecule has 1 heterocycles. The zero-order chi connectivity index (χ0) is 26.0. The Balaban J connectivity index is 1.57. The van der Waals surface area contributed by atoms with Gasteiger partial charge in [-0.15, -0.1) is 0 Å². The summed E-state index contributed by atoms with van der Waals surface area (Å²) in [5, 5.41) is 12.2. The van der Waals surface area contributed by atoms with Crippen LogP contribution in [0.2, 0.25) is 0 Å². The molecular formula is C25H22F4IN4O2. The first-order chi connectivity index (χ1) is 17.1. The monoisotopic (exact) mass is 613 g/mol. The number of nitrogens with one attached hydrogen (secondary N) is 1. The van der Waals surface area contributed by atoms with Crippen LogP contribution in [-0.2, 0) is 0 Å². The maximum absolute atomic E-state index is 15.0. The Bertz CT molecular complexity index is 1270. The van der Waals surface area contributed by atoms with Crippen LogP contribution < -0.4 is 11.1 Å². The molecule has 189 valence electrons. The number of nitrogen functional groups attached to an aromatic ring is 1. The molecule has 2 aromatic carbocycles. The fourth-order valence-electron chi connectivity index (χ4n) is 4.18. The molecule has 0 bridgehead atoms. The topological polar surface area (TPSA) is 101 Å². The van der Waals surface area contributed by atoms with E-state index in [1.165, 1.54) is 30.5 Å². The van der Waals surface area contributed by atoms with Crippen molar-refractivity contribution in [2.75, 3.05) is 12.3 Å². The highest BCUT2D eigenvalue weighted by molar-refractivity contribution is 14.1. The van der Waals surface area contributed by atoms with Crippen molar-refractivity contribution in [1.82, 2.24) is 15.3 Å². The van der Waals surface area contributed by atoms with Crippen molar-refractivity contribution in [3.8, 4) is 11.3 Å². The van der Waals surface area contributed by atoms with Gasteiger partial charge in [-0.1, -0.05) is 6.07 Å². The van der Waals surface area contributed by atoms with Gasteiger partial charge in [-0.3, -0.25) is 4.79 Å². The summed E-state index contributed by atoms with van der Waals surface area (Å²) in [6, 6.07) is 6.81. The first kappa shape index (κ1) is 26.3. The first-order valence-electron chi connectivity index (χ1n) is 11.1. The fraction of sp³-hybridized carbons (Fsp3) is 0.280. The van der Waals surface area contributed by atoms with Crippen molar-refractivity contribution in [3.05, 3.63) is 81.0 Å². The zero-order valence-electron chi connectivity index (χ0n) is 18.8. The first-order valence-corrected chi connectivity index (χ1v) is 12.2. The summed E-state index contributed by atoms with van der Waals surface area (Å²) in [4.78, 5) is 21.2. The summed E-state index contributed by atoms with van der Waals surface area (Å²) >= 11 is 1.91. The molecule has 36 heavy (non-hydrogen) atoms. The Hall–Kier alpha value is -2.80. The largest absolute Gasteiger partial charge is 0.394 e. The van der Waals surface area contributed by atoms with Gasteiger partial charge in [-0.25, -0.2) is 27.5 Å². The van der Waals surface area contributed by atoms with Gasteiger partial charge in [0.05, 0.1) is 30.1 Å². The van der Waals surface area contributed by atoms with Gasteiger partial charge >= 0.3 is 0 Å². The molecule has 4 rings (SSSR count). The molecule has 1 saturated carbocycles. The van der Waals surface area contributed by atoms with Crippen LogP contribution in [-0.4, -0.2) is 33.5 Å². The van der Waals surface area contributed by atoms with Gasteiger partial charge in [-0.05, 0) is 71.3 Å². The van der Waals surface area contributed by atoms with Crippen LogP contribution in [0, 0.1) is 21.6 Å². The van der Waals surface area contributed by atoms with Crippen LogP contribution >= 0.6 is 22.6 Å². The molecular weight excluding hydrogens is 591 g/mol. The van der Waals surface area contributed by atoms with Gasteiger partial charge in [0.2, 0.25) is 0 Å². The lowest BCUT2D eigenvalue weighted by molar-refractivity contribution is 0.00255. The van der Waals surface area contributed by atoms with Gasteiger partial charge in [0, 0.05) is 27.9 Å². The molecule has 0 saturated heterocycles. The van der Waals surface area contributed by atoms with Crippen LogP contribution in [0.1, 0.15) is 52.8 Å². The number of aliphatic hydroxyl groups is 1. The molecule has 11 heteroatoms. The van der Waals surface area contributed by atoms with E-state index in [9.17, 15) is 27.5 Å². The number of benzene rings is 2. The number of alkyl halides is 2. The molecule has 1 aliphatic carbocycles. The van der Waals surface area contributed by atoms with E-state index in [0.717, 1.165) is 12.5 Å². The minimum Gasteiger partial charge on any atom is -0.394 e. The van der Waals surface area contributed by atoms with E-state index in [-0.39, 0.29) is 29.1 Å². The fourth-order valence-corrected chi connectivity index (χ4v) is 4.83. The number of hydrogen-bond donors (Lipinski definition) is 3. The third-order valence-corrected chi connectivity index (χ3v) is 6.60. The van der Waals surface area contributed by atoms with Crippen molar-refractivity contribution in [2.24, 2.45) is 0 Å². The predicted molar refractivity (Wildman–Crippen MR) is 134 cm³/mol. The summed E-state index contributed by atoms with van der Waals surface area (Å²) in [6.45, 7) is -0.526. The van der Waals surface area contributed by atoms with Gasteiger partial charge < -0.3 is 16.2 Å². The molecule has 3 aromatic rings. The number of aliphatic hydroxyl groups excluding tert-OH is 1. The van der Waals surface area contributed by atoms with Crippen LogP contribution in [0.4, 0.5) is 23.4 Å². The number of amides is 1. The number of aromatic nitrogens is 2. The number of nitrogens with two attached hydrogens (primary N) is 1. The molecule has 1 aromatic heterocycles. The van der Waals surface area contributed by atoms with E-state index in [1.807, 2.05) is 22.6 Å². The molecule has 6 nitrogen and oxygen atoms in total. The van der Waals surface area contributed by atoms with Gasteiger partial charge in [0.15, 0.2) is 0 Å². The second-order valence-corrected chi connectivity index (χ2v) is 9.82. The number of halogens is 5. The zero-order valence-corrected chi connectivity index (χ0v) is 21.0. The molecule has 4 N–H and O–H groups in total. The van der Waals surface area contributed by atoms with E-state index >= 15 is 0 Å². The van der Waals surface area contributed by atoms with Crippen LogP contribution in [0.15, 0.2) is 42.6 Å². The highest BCUT2D eigenvalue weighted by Gasteiger charge is 2.38. The predicted octanol–water partition coefficient (Wildman–Crippen LogP) is 5.18. The number of nitrogens with zero attached hydrogens (tertiary/aromatic N) is 2. The van der Waals surface area contributed by atoms with Crippen molar-refractivity contribution >= 4 is 34.3 Å². The number of hydrogen-bond acceptors (Lipinski definition) is 5. The minimum atomic E-state index is -2.90. The molecule has 1 amide bonds. The van der Waals surface area contributed by atoms with E-state index in [0.29, 0.717) is 21.2 Å². The van der Waals surface area contributed by atoms with Crippen molar-refractivity contribution in [1.29, 1.82) is 0 Å². The third-order valence-electron chi connectivity index (χ3n) is 5.98. The lowest BCUT2D eigenvalue weighted by Gasteiger charge is -2.28. The van der Waals surface area contributed by atoms with E-state index in [2.05, 4.69) is 15.3 Å². The smallest absolute Gasteiger partial charge is 0.254 e. The van der Waals surface area contributed by atoms with Crippen molar-refractivity contribution in [3.63, 3.8) is 0 Å². The average molecular weight is 613 g/mol. The van der Waals surface area contributed by atoms with E-state index < -0.39 is 48.5 Å². The highest BCUT2D eigenvalue weighted by atomic mass is 127. The quantitative estimate of drug-likeness (QED) is 0.263. The number of rotatable bonds is 6. The standard InChI is InChI=1S/C25H22F4IN4O2/c26-16-6-15(7-17(30)9-16)21(12-35)34-24(36)18-4-3-13(8-19(18)27)22-23(31)32-11-20(33-22)14-2-1-5-25(28,29)10-14/h3-9,11,14,21,35H,1-2,10,12H2,(H2,31,32)(H,34,36)/t14?,21-/m1/s1. The van der Waals surface area contributed by atoms with E-state index in [1.54, 1.807) is 6.07 Å². The molecule has 2 atom stereocenters. The Morgan fingerprint density at radius 3 is 2.69 bits per heavy atom. The Labute approximate surface area is 218 Å². The molecule has 1 radical (unpaired) electrons. The second-order valence-electron chi connectivity index (χ2n) is 8.58. The van der Waals surface area contributed by atoms with E-state index in [4.69, 9.17) is 5.73 Å². The Morgan fingerprint density at radius 2 is 2.03 bits per heavy atom. The molecule has 0 spiro atoms. The minimum absolute atomic E-state index is 0.00876. The normalized spacial score (nSPS) is 18.0. The summed E-state index contributed by atoms with van der Waals surface area (Å²) in [5.41, 5.74) is 6.64. The van der Waals surface area contributed by atoms with Crippen LogP contribution in [0.3, 0.4) is 0 Å². The van der Waals surface area contributed by atoms with Crippen LogP contribution in [0.5, 0.6) is 0 Å². The molecule has 0 aliphatic heterocycles. The SMILES string of the molecule is Nc1ncc(C2CC[CH]C(F)(F)C2)nc1-c1ccc(C(=O)N[C@H](CO)c2cc(F)cc(I)c2)c(F)c1. The highest BCUT2D eigenvalue weighted by Crippen LogP contribution is 2.41. The third kappa shape index (κ3) is 5.94.